The van der Waals surface area contributed by atoms with Crippen LogP contribution in [0.4, 0.5) is 9.18 Å². The Morgan fingerprint density at radius 1 is 1.42 bits per heavy atom. The van der Waals surface area contributed by atoms with Crippen LogP contribution in [0.25, 0.3) is 0 Å². The molecule has 2 aliphatic rings. The maximum absolute atomic E-state index is 13.5. The number of aryl methyl sites for hydroxylation is 1. The van der Waals surface area contributed by atoms with E-state index < -0.39 is 5.54 Å². The highest BCUT2D eigenvalue weighted by Gasteiger charge is 2.46. The van der Waals surface area contributed by atoms with Crippen molar-refractivity contribution >= 4 is 17.4 Å². The number of benzene rings is 1. The number of aromatic nitrogens is 1. The third-order valence-corrected chi connectivity index (χ3v) is 5.76. The first-order valence-electron chi connectivity index (χ1n) is 8.33. The van der Waals surface area contributed by atoms with Crippen LogP contribution in [-0.4, -0.2) is 11.0 Å². The van der Waals surface area contributed by atoms with Gasteiger partial charge in [-0.3, -0.25) is 0 Å². The van der Waals surface area contributed by atoms with Crippen molar-refractivity contribution in [3.8, 4) is 0 Å². The zero-order valence-corrected chi connectivity index (χ0v) is 14.3. The number of nitrogens with zero attached hydrogens (tertiary/aromatic N) is 1. The van der Waals surface area contributed by atoms with Gasteiger partial charge in [0.2, 0.25) is 0 Å². The first kappa shape index (κ1) is 15.6. The highest BCUT2D eigenvalue weighted by molar-refractivity contribution is 7.11. The molecule has 2 saturated carbocycles. The average Bonchev–Trinajstić information content (AvgIpc) is 3.46. The van der Waals surface area contributed by atoms with Crippen LogP contribution in [-0.2, 0) is 5.54 Å². The van der Waals surface area contributed by atoms with E-state index in [0.29, 0.717) is 5.92 Å². The summed E-state index contributed by atoms with van der Waals surface area (Å²) in [5.74, 6) is 0.209. The molecule has 2 fully saturated rings. The van der Waals surface area contributed by atoms with Gasteiger partial charge in [-0.05, 0) is 56.2 Å². The molecule has 0 spiro atoms. The normalized spacial score (nSPS) is 19.6. The van der Waals surface area contributed by atoms with Gasteiger partial charge in [-0.2, -0.15) is 0 Å². The van der Waals surface area contributed by atoms with Crippen molar-refractivity contribution in [3.63, 3.8) is 0 Å². The molecular formula is C18H20FN3OS. The molecule has 2 amide bonds. The van der Waals surface area contributed by atoms with E-state index in [0.717, 1.165) is 41.1 Å². The van der Waals surface area contributed by atoms with Gasteiger partial charge in [0.05, 0.1) is 11.6 Å². The zero-order chi connectivity index (χ0) is 16.7. The molecular weight excluding hydrogens is 325 g/mol. The van der Waals surface area contributed by atoms with E-state index in [-0.39, 0.29) is 17.9 Å². The lowest BCUT2D eigenvalue weighted by atomic mass is 10.1. The minimum Gasteiger partial charge on any atom is -0.329 e. The van der Waals surface area contributed by atoms with E-state index in [9.17, 15) is 9.18 Å². The molecule has 0 aliphatic heterocycles. The Morgan fingerprint density at radius 2 is 2.21 bits per heavy atom. The summed E-state index contributed by atoms with van der Waals surface area (Å²) in [5, 5.41) is 7.13. The summed E-state index contributed by atoms with van der Waals surface area (Å²) in [6, 6.07) is 6.28. The Balaban J connectivity index is 1.46. The highest BCUT2D eigenvalue weighted by atomic mass is 32.1. The predicted octanol–water partition coefficient (Wildman–Crippen LogP) is 4.03. The molecule has 1 aromatic carbocycles. The average molecular weight is 345 g/mol. The van der Waals surface area contributed by atoms with Gasteiger partial charge in [0.1, 0.15) is 10.8 Å². The summed E-state index contributed by atoms with van der Waals surface area (Å²) >= 11 is 1.63. The van der Waals surface area contributed by atoms with Gasteiger partial charge in [-0.25, -0.2) is 14.2 Å². The number of thiazole rings is 1. The van der Waals surface area contributed by atoms with E-state index in [2.05, 4.69) is 15.6 Å². The van der Waals surface area contributed by atoms with Crippen LogP contribution in [0.1, 0.15) is 47.2 Å². The SMILES string of the molecule is Cc1cnc([C@H](NC(=O)NC2(c3cccc(F)c3)CC2)C2CC2)s1. The minimum absolute atomic E-state index is 0.0213. The lowest BCUT2D eigenvalue weighted by molar-refractivity contribution is 0.230. The third kappa shape index (κ3) is 3.15. The lowest BCUT2D eigenvalue weighted by Gasteiger charge is -2.22. The number of hydrogen-bond acceptors (Lipinski definition) is 3. The Bertz CT molecular complexity index is 767. The molecule has 4 rings (SSSR count). The van der Waals surface area contributed by atoms with Crippen molar-refractivity contribution in [1.29, 1.82) is 0 Å². The maximum atomic E-state index is 13.5. The minimum atomic E-state index is -0.418. The first-order chi connectivity index (χ1) is 11.6. The molecule has 126 valence electrons. The summed E-state index contributed by atoms with van der Waals surface area (Å²) < 4.78 is 13.5. The summed E-state index contributed by atoms with van der Waals surface area (Å²) in [6.45, 7) is 2.02. The van der Waals surface area contributed by atoms with Crippen molar-refractivity contribution in [2.45, 2.75) is 44.2 Å². The van der Waals surface area contributed by atoms with Crippen molar-refractivity contribution < 1.29 is 9.18 Å². The van der Waals surface area contributed by atoms with Crippen LogP contribution in [0.5, 0.6) is 0 Å². The molecule has 2 N–H and O–H groups in total. The number of carbonyl (C=O) groups excluding carboxylic acids is 1. The van der Waals surface area contributed by atoms with Crippen LogP contribution < -0.4 is 10.6 Å². The summed E-state index contributed by atoms with van der Waals surface area (Å²) in [6.07, 6.45) is 5.78. The highest BCUT2D eigenvalue weighted by Crippen LogP contribution is 2.46. The molecule has 0 saturated heterocycles. The Labute approximate surface area is 144 Å². The van der Waals surface area contributed by atoms with Gasteiger partial charge >= 0.3 is 6.03 Å². The number of nitrogens with one attached hydrogen (secondary N) is 2. The second kappa shape index (κ2) is 5.84. The van der Waals surface area contributed by atoms with Crippen molar-refractivity contribution in [2.75, 3.05) is 0 Å². The van der Waals surface area contributed by atoms with Crippen molar-refractivity contribution in [1.82, 2.24) is 15.6 Å². The molecule has 2 aromatic rings. The van der Waals surface area contributed by atoms with E-state index in [1.165, 1.54) is 12.1 Å². The van der Waals surface area contributed by atoms with Crippen LogP contribution in [0.3, 0.4) is 0 Å². The number of halogens is 1. The Hall–Kier alpha value is -1.95. The molecule has 1 atom stereocenters. The Morgan fingerprint density at radius 3 is 2.79 bits per heavy atom. The topological polar surface area (TPSA) is 54.0 Å². The quantitative estimate of drug-likeness (QED) is 0.859. The zero-order valence-electron chi connectivity index (χ0n) is 13.5. The van der Waals surface area contributed by atoms with Gasteiger partial charge in [-0.15, -0.1) is 11.3 Å². The fourth-order valence-corrected chi connectivity index (χ4v) is 4.04. The van der Waals surface area contributed by atoms with Crippen LogP contribution in [0.2, 0.25) is 0 Å². The number of hydrogen-bond donors (Lipinski definition) is 2. The second-order valence-electron chi connectivity index (χ2n) is 6.82. The van der Waals surface area contributed by atoms with Crippen LogP contribution in [0.15, 0.2) is 30.5 Å². The van der Waals surface area contributed by atoms with Crippen LogP contribution in [0, 0.1) is 18.7 Å². The van der Waals surface area contributed by atoms with Gasteiger partial charge in [-0.1, -0.05) is 12.1 Å². The smallest absolute Gasteiger partial charge is 0.316 e. The van der Waals surface area contributed by atoms with Crippen molar-refractivity contribution in [3.05, 3.63) is 51.7 Å². The van der Waals surface area contributed by atoms with E-state index >= 15 is 0 Å². The van der Waals surface area contributed by atoms with Gasteiger partial charge in [0.15, 0.2) is 0 Å². The van der Waals surface area contributed by atoms with E-state index in [1.54, 1.807) is 17.4 Å². The number of rotatable bonds is 5. The molecule has 24 heavy (non-hydrogen) atoms. The molecule has 4 nitrogen and oxygen atoms in total. The summed E-state index contributed by atoms with van der Waals surface area (Å²) in [5.41, 5.74) is 0.421. The summed E-state index contributed by atoms with van der Waals surface area (Å²) in [7, 11) is 0. The molecule has 1 heterocycles. The number of amides is 2. The molecule has 1 aromatic heterocycles. The third-order valence-electron chi connectivity index (χ3n) is 4.77. The van der Waals surface area contributed by atoms with Gasteiger partial charge in [0, 0.05) is 11.1 Å². The molecule has 0 radical (unpaired) electrons. The number of urea groups is 1. The van der Waals surface area contributed by atoms with E-state index in [1.807, 2.05) is 19.2 Å². The van der Waals surface area contributed by atoms with Gasteiger partial charge < -0.3 is 10.6 Å². The fraction of sp³-hybridized carbons (Fsp3) is 0.444. The largest absolute Gasteiger partial charge is 0.329 e. The first-order valence-corrected chi connectivity index (χ1v) is 9.14. The molecule has 6 heteroatoms. The van der Waals surface area contributed by atoms with Gasteiger partial charge in [0.25, 0.3) is 0 Å². The standard InChI is InChI=1S/C18H20FN3OS/c1-11-10-20-16(24-11)15(12-5-6-12)21-17(23)22-18(7-8-18)13-3-2-4-14(19)9-13/h2-4,9-10,12,15H,5-8H2,1H3,(H2,21,22,23)/t15-/m1/s1. The predicted molar refractivity (Wildman–Crippen MR) is 91.3 cm³/mol. The molecule has 2 aliphatic carbocycles. The van der Waals surface area contributed by atoms with Crippen molar-refractivity contribution in [2.24, 2.45) is 5.92 Å². The fourth-order valence-electron chi connectivity index (χ4n) is 3.12. The maximum Gasteiger partial charge on any atom is 0.316 e. The van der Waals surface area contributed by atoms with Crippen LogP contribution >= 0.6 is 11.3 Å². The van der Waals surface area contributed by atoms with E-state index in [4.69, 9.17) is 0 Å². The number of carbonyl (C=O) groups is 1. The summed E-state index contributed by atoms with van der Waals surface area (Å²) in [4.78, 5) is 18.1. The Kier molecular flexibility index (Phi) is 3.79. The monoisotopic (exact) mass is 345 g/mol. The molecule has 0 unspecified atom stereocenters. The second-order valence-corrected chi connectivity index (χ2v) is 8.08. The molecule has 0 bridgehead atoms. The lowest BCUT2D eigenvalue weighted by Crippen LogP contribution is -2.44.